The van der Waals surface area contributed by atoms with Gasteiger partial charge in [-0.25, -0.2) is 10.2 Å². The number of benzene rings is 1. The highest BCUT2D eigenvalue weighted by Crippen LogP contribution is 2.14. The van der Waals surface area contributed by atoms with Crippen molar-refractivity contribution >= 4 is 6.03 Å². The van der Waals surface area contributed by atoms with E-state index in [4.69, 9.17) is 5.26 Å². The monoisotopic (exact) mass is 202 g/mol. The Morgan fingerprint density at radius 3 is 3.00 bits per heavy atom. The predicted octanol–water partition coefficient (Wildman–Crippen LogP) is 0.417. The Morgan fingerprint density at radius 1 is 1.47 bits per heavy atom. The molecule has 15 heavy (non-hydrogen) atoms. The van der Waals surface area contributed by atoms with Gasteiger partial charge in [-0.3, -0.25) is 5.43 Å². The number of carbonyl (C=O) groups is 1. The first-order valence-corrected chi connectivity index (χ1v) is 4.59. The molecule has 0 bridgehead atoms. The lowest BCUT2D eigenvalue weighted by molar-refractivity contribution is 0.222. The van der Waals surface area contributed by atoms with E-state index in [0.717, 1.165) is 5.56 Å². The molecule has 0 aliphatic carbocycles. The number of amides is 2. The Morgan fingerprint density at radius 2 is 2.33 bits per heavy atom. The number of rotatable bonds is 1. The fourth-order valence-corrected chi connectivity index (χ4v) is 1.47. The minimum atomic E-state index is -0.234. The molecule has 0 spiro atoms. The van der Waals surface area contributed by atoms with Crippen molar-refractivity contribution in [3.8, 4) is 6.07 Å². The van der Waals surface area contributed by atoms with E-state index in [2.05, 4.69) is 22.2 Å². The molecule has 0 saturated carbocycles. The van der Waals surface area contributed by atoms with Crippen molar-refractivity contribution in [2.24, 2.45) is 0 Å². The van der Waals surface area contributed by atoms with E-state index >= 15 is 0 Å². The number of hydrogen-bond donors (Lipinski definition) is 3. The lowest BCUT2D eigenvalue weighted by Crippen LogP contribution is -2.54. The standard InChI is InChI=1S/C10H10N4O/c11-5-7-2-1-3-8(4-7)9-6-12-10(15)14-13-9/h1-4,9,13H,6H2,(H2,12,14,15). The Balaban J connectivity index is 2.16. The molecule has 2 rings (SSSR count). The molecule has 1 heterocycles. The molecule has 1 aliphatic rings. The molecule has 3 N–H and O–H groups in total. The topological polar surface area (TPSA) is 77.0 Å². The van der Waals surface area contributed by atoms with Gasteiger partial charge in [0.1, 0.15) is 0 Å². The second kappa shape index (κ2) is 3.98. The molecule has 0 aromatic heterocycles. The predicted molar refractivity (Wildman–Crippen MR) is 53.6 cm³/mol. The molecule has 1 saturated heterocycles. The molecule has 5 nitrogen and oxygen atoms in total. The third kappa shape index (κ3) is 2.06. The Hall–Kier alpha value is -2.06. The summed E-state index contributed by atoms with van der Waals surface area (Å²) in [7, 11) is 0. The van der Waals surface area contributed by atoms with Gasteiger partial charge in [0.05, 0.1) is 17.7 Å². The maximum atomic E-state index is 10.8. The van der Waals surface area contributed by atoms with Gasteiger partial charge in [0.25, 0.3) is 0 Å². The quantitative estimate of drug-likeness (QED) is 0.617. The van der Waals surface area contributed by atoms with Crippen LogP contribution in [-0.2, 0) is 0 Å². The summed E-state index contributed by atoms with van der Waals surface area (Å²) in [6.45, 7) is 0.515. The smallest absolute Gasteiger partial charge is 0.329 e. The van der Waals surface area contributed by atoms with Gasteiger partial charge in [0.2, 0.25) is 0 Å². The molecule has 1 fully saturated rings. The first-order chi connectivity index (χ1) is 7.29. The molecule has 1 aromatic rings. The maximum absolute atomic E-state index is 10.8. The van der Waals surface area contributed by atoms with Crippen LogP contribution < -0.4 is 16.2 Å². The lowest BCUT2D eigenvalue weighted by atomic mass is 10.0. The van der Waals surface area contributed by atoms with Crippen LogP contribution >= 0.6 is 0 Å². The van der Waals surface area contributed by atoms with Crippen LogP contribution in [0.15, 0.2) is 24.3 Å². The molecule has 1 aliphatic heterocycles. The molecule has 1 atom stereocenters. The van der Waals surface area contributed by atoms with E-state index in [9.17, 15) is 4.79 Å². The second-order valence-corrected chi connectivity index (χ2v) is 3.27. The normalized spacial score (nSPS) is 19.9. The van der Waals surface area contributed by atoms with Crippen molar-refractivity contribution in [3.05, 3.63) is 35.4 Å². The summed E-state index contributed by atoms with van der Waals surface area (Å²) in [5.74, 6) is 0. The zero-order valence-electron chi connectivity index (χ0n) is 7.95. The third-order valence-electron chi connectivity index (χ3n) is 2.24. The number of urea groups is 1. The Bertz CT molecular complexity index is 414. The van der Waals surface area contributed by atoms with Gasteiger partial charge in [0.15, 0.2) is 0 Å². The molecular formula is C10H10N4O. The lowest BCUT2D eigenvalue weighted by Gasteiger charge is -2.25. The summed E-state index contributed by atoms with van der Waals surface area (Å²) >= 11 is 0. The maximum Gasteiger partial charge on any atom is 0.329 e. The number of nitrogens with one attached hydrogen (secondary N) is 3. The van der Waals surface area contributed by atoms with E-state index < -0.39 is 0 Å². The van der Waals surface area contributed by atoms with Crippen LogP contribution in [0.3, 0.4) is 0 Å². The van der Waals surface area contributed by atoms with Gasteiger partial charge in [-0.2, -0.15) is 5.26 Å². The fraction of sp³-hybridized carbons (Fsp3) is 0.200. The van der Waals surface area contributed by atoms with Crippen LogP contribution in [-0.4, -0.2) is 12.6 Å². The molecule has 5 heteroatoms. The Kier molecular flexibility index (Phi) is 2.52. The third-order valence-corrected chi connectivity index (χ3v) is 2.24. The van der Waals surface area contributed by atoms with Gasteiger partial charge in [-0.1, -0.05) is 12.1 Å². The van der Waals surface area contributed by atoms with E-state index in [-0.39, 0.29) is 12.1 Å². The minimum absolute atomic E-state index is 0.00370. The van der Waals surface area contributed by atoms with Crippen molar-refractivity contribution in [3.63, 3.8) is 0 Å². The van der Waals surface area contributed by atoms with Crippen LogP contribution in [0, 0.1) is 11.3 Å². The summed E-state index contributed by atoms with van der Waals surface area (Å²) in [4.78, 5) is 10.8. The van der Waals surface area contributed by atoms with Gasteiger partial charge < -0.3 is 5.32 Å². The molecule has 76 valence electrons. The molecular weight excluding hydrogens is 192 g/mol. The number of nitrogens with zero attached hydrogens (tertiary/aromatic N) is 1. The van der Waals surface area contributed by atoms with Crippen molar-refractivity contribution in [2.45, 2.75) is 6.04 Å². The average molecular weight is 202 g/mol. The summed E-state index contributed by atoms with van der Waals surface area (Å²) in [6, 6.07) is 9.13. The van der Waals surface area contributed by atoms with Gasteiger partial charge in [-0.05, 0) is 17.7 Å². The largest absolute Gasteiger partial charge is 0.335 e. The summed E-state index contributed by atoms with van der Waals surface area (Å²) in [5.41, 5.74) is 6.94. The summed E-state index contributed by atoms with van der Waals surface area (Å²) < 4.78 is 0. The van der Waals surface area contributed by atoms with E-state index in [1.165, 1.54) is 0 Å². The summed E-state index contributed by atoms with van der Waals surface area (Å²) in [6.07, 6.45) is 0. The first kappa shape index (κ1) is 9.49. The minimum Gasteiger partial charge on any atom is -0.335 e. The van der Waals surface area contributed by atoms with E-state index in [0.29, 0.717) is 12.1 Å². The van der Waals surface area contributed by atoms with E-state index in [1.54, 1.807) is 12.1 Å². The van der Waals surface area contributed by atoms with Crippen molar-refractivity contribution in [1.29, 1.82) is 5.26 Å². The highest BCUT2D eigenvalue weighted by atomic mass is 16.2. The highest BCUT2D eigenvalue weighted by molar-refractivity contribution is 5.74. The van der Waals surface area contributed by atoms with Crippen molar-refractivity contribution in [1.82, 2.24) is 16.2 Å². The number of hydrogen-bond acceptors (Lipinski definition) is 3. The van der Waals surface area contributed by atoms with Crippen molar-refractivity contribution < 1.29 is 4.79 Å². The van der Waals surface area contributed by atoms with E-state index in [1.807, 2.05) is 12.1 Å². The zero-order valence-corrected chi connectivity index (χ0v) is 7.95. The SMILES string of the molecule is N#Cc1cccc(C2CNC(=O)NN2)c1. The average Bonchev–Trinajstić information content (AvgIpc) is 2.30. The second-order valence-electron chi connectivity index (χ2n) is 3.27. The van der Waals surface area contributed by atoms with Crippen LogP contribution in [0.4, 0.5) is 4.79 Å². The summed E-state index contributed by atoms with van der Waals surface area (Å²) in [5, 5.41) is 11.4. The van der Waals surface area contributed by atoms with Crippen LogP contribution in [0.5, 0.6) is 0 Å². The van der Waals surface area contributed by atoms with Gasteiger partial charge in [0, 0.05) is 6.54 Å². The first-order valence-electron chi connectivity index (χ1n) is 4.59. The Labute approximate surface area is 87.1 Å². The van der Waals surface area contributed by atoms with Gasteiger partial charge in [-0.15, -0.1) is 0 Å². The molecule has 2 amide bonds. The highest BCUT2D eigenvalue weighted by Gasteiger charge is 2.17. The number of nitriles is 1. The number of hydrazine groups is 1. The molecule has 0 radical (unpaired) electrons. The fourth-order valence-electron chi connectivity index (χ4n) is 1.47. The van der Waals surface area contributed by atoms with Crippen LogP contribution in [0.1, 0.15) is 17.2 Å². The molecule has 1 unspecified atom stereocenters. The van der Waals surface area contributed by atoms with Crippen molar-refractivity contribution in [2.75, 3.05) is 6.54 Å². The van der Waals surface area contributed by atoms with Crippen LogP contribution in [0.25, 0.3) is 0 Å². The van der Waals surface area contributed by atoms with Crippen LogP contribution in [0.2, 0.25) is 0 Å². The molecule has 1 aromatic carbocycles. The zero-order chi connectivity index (χ0) is 10.7. The van der Waals surface area contributed by atoms with Gasteiger partial charge >= 0.3 is 6.03 Å². The number of carbonyl (C=O) groups excluding carboxylic acids is 1.